The molecular formula is C18H23ClN2O4. The molecule has 1 heterocycles. The summed E-state index contributed by atoms with van der Waals surface area (Å²) < 4.78 is 5.78. The molecular weight excluding hydrogens is 344 g/mol. The molecule has 0 radical (unpaired) electrons. The van der Waals surface area contributed by atoms with Gasteiger partial charge in [-0.05, 0) is 43.4 Å². The Bertz CT molecular complexity index is 631. The summed E-state index contributed by atoms with van der Waals surface area (Å²) in [4.78, 5) is 25.3. The van der Waals surface area contributed by atoms with Crippen LogP contribution in [0.5, 0.6) is 0 Å². The van der Waals surface area contributed by atoms with Gasteiger partial charge in [-0.1, -0.05) is 23.7 Å². The zero-order chi connectivity index (χ0) is 17.8. The van der Waals surface area contributed by atoms with E-state index in [0.29, 0.717) is 50.4 Å². The number of ether oxygens (including phenoxy) is 1. The summed E-state index contributed by atoms with van der Waals surface area (Å²) >= 11 is 6.04. The van der Waals surface area contributed by atoms with Crippen LogP contribution >= 0.6 is 11.6 Å². The smallest absolute Gasteiger partial charge is 0.317 e. The summed E-state index contributed by atoms with van der Waals surface area (Å²) in [5, 5.41) is 12.7. The molecule has 1 aliphatic carbocycles. The van der Waals surface area contributed by atoms with E-state index in [9.17, 15) is 9.59 Å². The van der Waals surface area contributed by atoms with Gasteiger partial charge >= 0.3 is 12.0 Å². The molecule has 1 aliphatic heterocycles. The number of carbonyl (C=O) groups is 2. The van der Waals surface area contributed by atoms with Gasteiger partial charge in [0.2, 0.25) is 0 Å². The van der Waals surface area contributed by atoms with Crippen molar-refractivity contribution in [1.82, 2.24) is 10.2 Å². The number of hydrogen-bond donors (Lipinski definition) is 2. The van der Waals surface area contributed by atoms with Crippen molar-refractivity contribution in [3.05, 3.63) is 34.9 Å². The number of carboxylic acid groups (broad SMARTS) is 1. The van der Waals surface area contributed by atoms with Crippen molar-refractivity contribution >= 4 is 23.6 Å². The predicted octanol–water partition coefficient (Wildman–Crippen LogP) is 3.07. The Morgan fingerprint density at radius 1 is 1.24 bits per heavy atom. The third-order valence-corrected chi connectivity index (χ3v) is 5.21. The predicted molar refractivity (Wildman–Crippen MR) is 93.6 cm³/mol. The lowest BCUT2D eigenvalue weighted by atomic mass is 9.86. The molecule has 1 unspecified atom stereocenters. The van der Waals surface area contributed by atoms with Crippen molar-refractivity contribution in [3.63, 3.8) is 0 Å². The van der Waals surface area contributed by atoms with Gasteiger partial charge in [0.15, 0.2) is 0 Å². The van der Waals surface area contributed by atoms with Crippen LogP contribution in [-0.2, 0) is 9.53 Å². The molecule has 1 saturated heterocycles. The molecule has 0 spiro atoms. The molecule has 6 nitrogen and oxygen atoms in total. The minimum absolute atomic E-state index is 0.0514. The maximum Gasteiger partial charge on any atom is 0.317 e. The Morgan fingerprint density at radius 3 is 2.68 bits per heavy atom. The summed E-state index contributed by atoms with van der Waals surface area (Å²) in [6.07, 6.45) is 2.49. The monoisotopic (exact) mass is 366 g/mol. The van der Waals surface area contributed by atoms with Gasteiger partial charge in [0.25, 0.3) is 0 Å². The highest BCUT2D eigenvalue weighted by atomic mass is 35.5. The van der Waals surface area contributed by atoms with Crippen LogP contribution in [0.15, 0.2) is 24.3 Å². The van der Waals surface area contributed by atoms with Crippen molar-refractivity contribution < 1.29 is 19.4 Å². The van der Waals surface area contributed by atoms with Gasteiger partial charge in [0, 0.05) is 17.6 Å². The second-order valence-corrected chi connectivity index (χ2v) is 7.13. The fourth-order valence-electron chi connectivity index (χ4n) is 3.49. The van der Waals surface area contributed by atoms with E-state index in [1.54, 1.807) is 4.90 Å². The number of rotatable bonds is 3. The Morgan fingerprint density at radius 2 is 2.00 bits per heavy atom. The van der Waals surface area contributed by atoms with Gasteiger partial charge in [-0.15, -0.1) is 0 Å². The average molecular weight is 367 g/mol. The van der Waals surface area contributed by atoms with E-state index in [-0.39, 0.29) is 24.1 Å². The first-order valence-corrected chi connectivity index (χ1v) is 9.06. The molecule has 25 heavy (non-hydrogen) atoms. The number of hydrogen-bond acceptors (Lipinski definition) is 3. The normalized spacial score (nSPS) is 26.9. The lowest BCUT2D eigenvalue weighted by Crippen LogP contribution is -2.50. The molecule has 0 aromatic heterocycles. The van der Waals surface area contributed by atoms with E-state index in [2.05, 4.69) is 5.32 Å². The number of halogens is 1. The summed E-state index contributed by atoms with van der Waals surface area (Å²) in [6, 6.07) is 7.45. The molecule has 2 aliphatic rings. The first-order chi connectivity index (χ1) is 12.0. The minimum atomic E-state index is -0.734. The van der Waals surface area contributed by atoms with Crippen LogP contribution < -0.4 is 5.32 Å². The van der Waals surface area contributed by atoms with Crippen LogP contribution in [0.2, 0.25) is 5.02 Å². The van der Waals surface area contributed by atoms with Gasteiger partial charge in [0.05, 0.1) is 19.1 Å². The van der Waals surface area contributed by atoms with E-state index in [1.165, 1.54) is 0 Å². The molecule has 1 aromatic rings. The van der Waals surface area contributed by atoms with Crippen molar-refractivity contribution in [2.24, 2.45) is 5.92 Å². The first kappa shape index (κ1) is 18.0. The van der Waals surface area contributed by atoms with Crippen LogP contribution in [-0.4, -0.2) is 47.7 Å². The van der Waals surface area contributed by atoms with Crippen LogP contribution in [0.4, 0.5) is 4.79 Å². The standard InChI is InChI=1S/C18H23ClN2O4/c19-14-3-1-2-13(10-14)16-11-21(8-9-25-16)18(24)20-15-6-4-12(5-7-15)17(22)23/h1-3,10,12,15-16H,4-9,11H2,(H,20,24)(H,22,23). The SMILES string of the molecule is O=C(O)C1CCC(NC(=O)N2CCOC(c3cccc(Cl)c3)C2)CC1. The van der Waals surface area contributed by atoms with Gasteiger partial charge in [-0.25, -0.2) is 4.79 Å². The average Bonchev–Trinajstić information content (AvgIpc) is 2.62. The number of nitrogens with one attached hydrogen (secondary N) is 1. The second kappa shape index (κ2) is 8.06. The zero-order valence-electron chi connectivity index (χ0n) is 14.0. The van der Waals surface area contributed by atoms with Crippen LogP contribution in [0.25, 0.3) is 0 Å². The zero-order valence-corrected chi connectivity index (χ0v) is 14.7. The van der Waals surface area contributed by atoms with E-state index in [0.717, 1.165) is 5.56 Å². The number of aliphatic carboxylic acids is 1. The fraction of sp³-hybridized carbons (Fsp3) is 0.556. The minimum Gasteiger partial charge on any atom is -0.481 e. The number of nitrogens with zero attached hydrogens (tertiary/aromatic N) is 1. The van der Waals surface area contributed by atoms with E-state index in [4.69, 9.17) is 21.4 Å². The molecule has 0 bridgehead atoms. The largest absolute Gasteiger partial charge is 0.481 e. The Balaban J connectivity index is 1.53. The maximum atomic E-state index is 12.5. The summed E-state index contributed by atoms with van der Waals surface area (Å²) in [6.45, 7) is 1.51. The number of urea groups is 1. The van der Waals surface area contributed by atoms with Gasteiger partial charge in [0.1, 0.15) is 6.10 Å². The topological polar surface area (TPSA) is 78.9 Å². The number of amides is 2. The fourth-order valence-corrected chi connectivity index (χ4v) is 3.69. The first-order valence-electron chi connectivity index (χ1n) is 8.68. The Hall–Kier alpha value is -1.79. The van der Waals surface area contributed by atoms with Crippen molar-refractivity contribution in [2.75, 3.05) is 19.7 Å². The molecule has 2 amide bonds. The van der Waals surface area contributed by atoms with Crippen LogP contribution in [0.3, 0.4) is 0 Å². The lowest BCUT2D eigenvalue weighted by molar-refractivity contribution is -0.142. The third kappa shape index (κ3) is 4.64. The molecule has 3 rings (SSSR count). The molecule has 7 heteroatoms. The summed E-state index contributed by atoms with van der Waals surface area (Å²) in [5.74, 6) is -1.01. The second-order valence-electron chi connectivity index (χ2n) is 6.70. The van der Waals surface area contributed by atoms with Crippen molar-refractivity contribution in [1.29, 1.82) is 0 Å². The van der Waals surface area contributed by atoms with E-state index >= 15 is 0 Å². The van der Waals surface area contributed by atoms with Crippen LogP contribution in [0, 0.1) is 5.92 Å². The highest BCUT2D eigenvalue weighted by Gasteiger charge is 2.30. The van der Waals surface area contributed by atoms with Gasteiger partial charge in [-0.2, -0.15) is 0 Å². The summed E-state index contributed by atoms with van der Waals surface area (Å²) in [7, 11) is 0. The lowest BCUT2D eigenvalue weighted by Gasteiger charge is -2.35. The number of morpholine rings is 1. The van der Waals surface area contributed by atoms with Crippen LogP contribution in [0.1, 0.15) is 37.4 Å². The number of carboxylic acids is 1. The third-order valence-electron chi connectivity index (χ3n) is 4.98. The van der Waals surface area contributed by atoms with Crippen molar-refractivity contribution in [3.8, 4) is 0 Å². The number of benzene rings is 1. The molecule has 2 N–H and O–H groups in total. The Labute approximate surface area is 152 Å². The molecule has 1 aromatic carbocycles. The molecule has 1 saturated carbocycles. The van der Waals surface area contributed by atoms with Gasteiger partial charge in [-0.3, -0.25) is 4.79 Å². The van der Waals surface area contributed by atoms with E-state index in [1.807, 2.05) is 24.3 Å². The molecule has 1 atom stereocenters. The van der Waals surface area contributed by atoms with Gasteiger partial charge < -0.3 is 20.1 Å². The van der Waals surface area contributed by atoms with E-state index < -0.39 is 5.97 Å². The number of carbonyl (C=O) groups excluding carboxylic acids is 1. The quantitative estimate of drug-likeness (QED) is 0.861. The van der Waals surface area contributed by atoms with Crippen molar-refractivity contribution in [2.45, 2.75) is 37.8 Å². The molecule has 136 valence electrons. The maximum absolute atomic E-state index is 12.5. The highest BCUT2D eigenvalue weighted by molar-refractivity contribution is 6.30. The highest BCUT2D eigenvalue weighted by Crippen LogP contribution is 2.26. The summed E-state index contributed by atoms with van der Waals surface area (Å²) in [5.41, 5.74) is 0.965. The Kier molecular flexibility index (Phi) is 5.81. The molecule has 2 fully saturated rings.